The van der Waals surface area contributed by atoms with Crippen molar-refractivity contribution in [2.24, 2.45) is 0 Å². The molecule has 1 saturated heterocycles. The highest BCUT2D eigenvalue weighted by atomic mass is 35.5. The van der Waals surface area contributed by atoms with Crippen LogP contribution in [-0.4, -0.2) is 29.9 Å². The first kappa shape index (κ1) is 22.9. The van der Waals surface area contributed by atoms with Crippen LogP contribution < -0.4 is 10.2 Å². The average molecular weight is 462 g/mol. The summed E-state index contributed by atoms with van der Waals surface area (Å²) in [5.41, 5.74) is 3.26. The topological polar surface area (TPSA) is 52.7 Å². The van der Waals surface area contributed by atoms with Crippen molar-refractivity contribution in [3.05, 3.63) is 95.0 Å². The Morgan fingerprint density at radius 2 is 1.67 bits per heavy atom. The third-order valence-corrected chi connectivity index (χ3v) is 6.38. The Kier molecular flexibility index (Phi) is 7.30. The number of amides is 3. The first-order chi connectivity index (χ1) is 16.1. The van der Waals surface area contributed by atoms with Crippen molar-refractivity contribution in [2.45, 2.75) is 32.2 Å². The number of hydrogen-bond donors (Lipinski definition) is 1. The molecule has 1 aliphatic rings. The van der Waals surface area contributed by atoms with Crippen LogP contribution in [0.1, 0.15) is 36.8 Å². The second-order valence-electron chi connectivity index (χ2n) is 8.18. The van der Waals surface area contributed by atoms with Gasteiger partial charge >= 0.3 is 6.03 Å². The zero-order valence-corrected chi connectivity index (χ0v) is 19.5. The van der Waals surface area contributed by atoms with Crippen molar-refractivity contribution in [1.82, 2.24) is 4.90 Å². The van der Waals surface area contributed by atoms with Gasteiger partial charge in [-0.3, -0.25) is 9.69 Å². The third-order valence-electron chi connectivity index (χ3n) is 6.01. The van der Waals surface area contributed by atoms with Crippen molar-refractivity contribution in [2.75, 3.05) is 23.3 Å². The van der Waals surface area contributed by atoms with Gasteiger partial charge in [-0.2, -0.15) is 0 Å². The van der Waals surface area contributed by atoms with Gasteiger partial charge in [-0.25, -0.2) is 4.79 Å². The summed E-state index contributed by atoms with van der Waals surface area (Å²) < 4.78 is 0. The molecule has 5 nitrogen and oxygen atoms in total. The zero-order valence-electron chi connectivity index (χ0n) is 18.7. The number of benzene rings is 3. The van der Waals surface area contributed by atoms with Gasteiger partial charge in [0, 0.05) is 24.7 Å². The van der Waals surface area contributed by atoms with E-state index >= 15 is 0 Å². The first-order valence-electron chi connectivity index (χ1n) is 11.3. The van der Waals surface area contributed by atoms with E-state index in [1.54, 1.807) is 4.90 Å². The van der Waals surface area contributed by atoms with Crippen molar-refractivity contribution in [1.29, 1.82) is 0 Å². The standard InChI is InChI=1S/C27H28ClN3O2/c1-2-22(20-11-4-3-5-12-20)26(32)29-24-15-8-9-16-25(24)31-18-10-17-30(27(31)33)19-21-13-6-7-14-23(21)28/h3-9,11-16,22H,2,10,17-19H2,1H3,(H,29,32). The molecular formula is C27H28ClN3O2. The third kappa shape index (κ3) is 5.20. The summed E-state index contributed by atoms with van der Waals surface area (Å²) in [5, 5.41) is 3.73. The second kappa shape index (κ2) is 10.5. The van der Waals surface area contributed by atoms with Gasteiger partial charge in [0.15, 0.2) is 0 Å². The monoisotopic (exact) mass is 461 g/mol. The largest absolute Gasteiger partial charge is 0.324 e. The minimum Gasteiger partial charge on any atom is -0.324 e. The molecule has 1 N–H and O–H groups in total. The summed E-state index contributed by atoms with van der Waals surface area (Å²) in [4.78, 5) is 30.1. The Morgan fingerprint density at radius 3 is 2.42 bits per heavy atom. The summed E-state index contributed by atoms with van der Waals surface area (Å²) in [6.07, 6.45) is 1.52. The van der Waals surface area contributed by atoms with E-state index in [1.807, 2.05) is 90.7 Å². The maximum atomic E-state index is 13.4. The predicted octanol–water partition coefficient (Wildman–Crippen LogP) is 6.30. The predicted molar refractivity (Wildman–Crippen MR) is 134 cm³/mol. The molecule has 0 aliphatic carbocycles. The smallest absolute Gasteiger partial charge is 0.324 e. The van der Waals surface area contributed by atoms with Crippen LogP contribution in [0.3, 0.4) is 0 Å². The summed E-state index contributed by atoms with van der Waals surface area (Å²) >= 11 is 6.32. The minimum absolute atomic E-state index is 0.0754. The number of rotatable bonds is 7. The molecule has 0 aromatic heterocycles. The molecule has 170 valence electrons. The van der Waals surface area contributed by atoms with E-state index in [-0.39, 0.29) is 17.9 Å². The van der Waals surface area contributed by atoms with Gasteiger partial charge in [0.25, 0.3) is 0 Å². The van der Waals surface area contributed by atoms with Crippen LogP contribution in [0.2, 0.25) is 5.02 Å². The maximum Gasteiger partial charge on any atom is 0.324 e. The van der Waals surface area contributed by atoms with Gasteiger partial charge in [-0.15, -0.1) is 0 Å². The molecule has 1 heterocycles. The molecule has 0 radical (unpaired) electrons. The number of hydrogen-bond acceptors (Lipinski definition) is 2. The van der Waals surface area contributed by atoms with Gasteiger partial charge in [-0.1, -0.05) is 79.2 Å². The molecule has 0 saturated carbocycles. The SMILES string of the molecule is CCC(C(=O)Nc1ccccc1N1CCCN(Cc2ccccc2Cl)C1=O)c1ccccc1. The van der Waals surface area contributed by atoms with E-state index in [1.165, 1.54) is 0 Å². The fourth-order valence-corrected chi connectivity index (χ4v) is 4.47. The fraction of sp³-hybridized carbons (Fsp3) is 0.259. The Balaban J connectivity index is 1.54. The van der Waals surface area contributed by atoms with Gasteiger partial charge < -0.3 is 10.2 Å². The molecule has 4 rings (SSSR count). The van der Waals surface area contributed by atoms with Crippen LogP contribution in [-0.2, 0) is 11.3 Å². The van der Waals surface area contributed by atoms with Crippen LogP contribution in [0.5, 0.6) is 0 Å². The van der Waals surface area contributed by atoms with Crippen molar-refractivity contribution in [3.63, 3.8) is 0 Å². The van der Waals surface area contributed by atoms with E-state index in [9.17, 15) is 9.59 Å². The van der Waals surface area contributed by atoms with E-state index < -0.39 is 0 Å². The number of nitrogens with zero attached hydrogens (tertiary/aromatic N) is 2. The zero-order chi connectivity index (χ0) is 23.2. The molecule has 6 heteroatoms. The molecule has 1 aliphatic heterocycles. The molecule has 1 atom stereocenters. The first-order valence-corrected chi connectivity index (χ1v) is 11.7. The molecule has 33 heavy (non-hydrogen) atoms. The summed E-state index contributed by atoms with van der Waals surface area (Å²) in [6.45, 7) is 3.72. The number of nitrogens with one attached hydrogen (secondary N) is 1. The average Bonchev–Trinajstić information content (AvgIpc) is 2.83. The molecule has 3 aromatic rings. The van der Waals surface area contributed by atoms with Crippen molar-refractivity contribution < 1.29 is 9.59 Å². The number of halogens is 1. The Labute approximate surface area is 200 Å². The molecule has 3 aromatic carbocycles. The fourth-order valence-electron chi connectivity index (χ4n) is 4.28. The van der Waals surface area contributed by atoms with Crippen LogP contribution in [0.25, 0.3) is 0 Å². The van der Waals surface area contributed by atoms with Crippen LogP contribution in [0, 0.1) is 0 Å². The van der Waals surface area contributed by atoms with Gasteiger partial charge in [-0.05, 0) is 42.2 Å². The lowest BCUT2D eigenvalue weighted by atomic mass is 9.95. The quantitative estimate of drug-likeness (QED) is 0.448. The molecule has 3 amide bonds. The summed E-state index contributed by atoms with van der Waals surface area (Å²) in [7, 11) is 0. The second-order valence-corrected chi connectivity index (χ2v) is 8.59. The normalized spacial score (nSPS) is 14.8. The van der Waals surface area contributed by atoms with Crippen LogP contribution in [0.4, 0.5) is 16.2 Å². The van der Waals surface area contributed by atoms with Gasteiger partial charge in [0.2, 0.25) is 5.91 Å². The van der Waals surface area contributed by atoms with Gasteiger partial charge in [0.1, 0.15) is 0 Å². The Morgan fingerprint density at radius 1 is 0.970 bits per heavy atom. The molecule has 0 bridgehead atoms. The lowest BCUT2D eigenvalue weighted by Gasteiger charge is -2.36. The van der Waals surface area contributed by atoms with E-state index in [0.717, 1.165) is 17.5 Å². The number of carbonyl (C=O) groups is 2. The Hall–Kier alpha value is -3.31. The highest BCUT2D eigenvalue weighted by Crippen LogP contribution is 2.31. The molecule has 0 spiro atoms. The highest BCUT2D eigenvalue weighted by Gasteiger charge is 2.29. The molecule has 1 fully saturated rings. The highest BCUT2D eigenvalue weighted by molar-refractivity contribution is 6.31. The number of anilines is 2. The maximum absolute atomic E-state index is 13.4. The minimum atomic E-state index is -0.256. The van der Waals surface area contributed by atoms with E-state index in [4.69, 9.17) is 11.6 Å². The molecular weight excluding hydrogens is 434 g/mol. The van der Waals surface area contributed by atoms with Crippen LogP contribution >= 0.6 is 11.6 Å². The lowest BCUT2D eigenvalue weighted by Crippen LogP contribution is -2.49. The summed E-state index contributed by atoms with van der Waals surface area (Å²) in [5.74, 6) is -0.332. The molecule has 1 unspecified atom stereocenters. The number of carbonyl (C=O) groups excluding carboxylic acids is 2. The number of urea groups is 1. The number of para-hydroxylation sites is 2. The summed E-state index contributed by atoms with van der Waals surface area (Å²) in [6, 6.07) is 24.8. The van der Waals surface area contributed by atoms with Crippen molar-refractivity contribution >= 4 is 34.9 Å². The van der Waals surface area contributed by atoms with Gasteiger partial charge in [0.05, 0.1) is 17.3 Å². The van der Waals surface area contributed by atoms with Crippen molar-refractivity contribution in [3.8, 4) is 0 Å². The van der Waals surface area contributed by atoms with E-state index in [2.05, 4.69) is 5.32 Å². The van der Waals surface area contributed by atoms with Crippen LogP contribution in [0.15, 0.2) is 78.9 Å². The van der Waals surface area contributed by atoms with E-state index in [0.29, 0.717) is 42.5 Å². The lowest BCUT2D eigenvalue weighted by molar-refractivity contribution is -0.117. The Bertz CT molecular complexity index is 1120.